The molecule has 2 aromatic carbocycles. The summed E-state index contributed by atoms with van der Waals surface area (Å²) in [5, 5.41) is 28.6. The van der Waals surface area contributed by atoms with Crippen molar-refractivity contribution >= 4 is 22.7 Å². The topological polar surface area (TPSA) is 139 Å². The highest BCUT2D eigenvalue weighted by atomic mass is 35.5. The Bertz CT molecular complexity index is 2160. The molecule has 2 aliphatic heterocycles. The van der Waals surface area contributed by atoms with Crippen molar-refractivity contribution in [3.63, 3.8) is 0 Å². The highest BCUT2D eigenvalue weighted by Crippen LogP contribution is 2.33. The fourth-order valence-electron chi connectivity index (χ4n) is 5.85. The van der Waals surface area contributed by atoms with Gasteiger partial charge in [-0.3, -0.25) is 28.3 Å². The zero-order chi connectivity index (χ0) is 32.3. The molecule has 2 aliphatic rings. The second kappa shape index (κ2) is 11.2. The fourth-order valence-corrected chi connectivity index (χ4v) is 6.15. The van der Waals surface area contributed by atoms with E-state index in [9.17, 15) is 4.79 Å². The minimum Gasteiger partial charge on any atom is -0.342 e. The molecular formula is C32H31ClN12O. The second-order valence-electron chi connectivity index (χ2n) is 11.4. The molecule has 0 spiro atoms. The van der Waals surface area contributed by atoms with Crippen molar-refractivity contribution in [2.75, 3.05) is 0 Å². The molecule has 0 fully saturated rings. The van der Waals surface area contributed by atoms with Crippen LogP contribution in [0.3, 0.4) is 0 Å². The molecule has 0 unspecified atom stereocenters. The molecule has 6 aromatic rings. The van der Waals surface area contributed by atoms with Gasteiger partial charge in [-0.1, -0.05) is 23.7 Å². The third-order valence-corrected chi connectivity index (χ3v) is 8.43. The van der Waals surface area contributed by atoms with Crippen LogP contribution in [0.2, 0.25) is 0 Å². The van der Waals surface area contributed by atoms with Crippen LogP contribution in [0.5, 0.6) is 0 Å². The lowest BCUT2D eigenvalue weighted by Crippen LogP contribution is -2.25. The van der Waals surface area contributed by atoms with Crippen LogP contribution in [0.25, 0.3) is 33.6 Å². The fraction of sp³-hybridized carbons (Fsp3) is 0.250. The first-order valence-electron chi connectivity index (χ1n) is 14.7. The van der Waals surface area contributed by atoms with E-state index in [1.807, 2.05) is 99.8 Å². The van der Waals surface area contributed by atoms with Crippen molar-refractivity contribution < 1.29 is 4.79 Å². The molecular weight excluding hydrogens is 604 g/mol. The summed E-state index contributed by atoms with van der Waals surface area (Å²) in [6.45, 7) is 7.70. The van der Waals surface area contributed by atoms with Crippen molar-refractivity contribution in [3.05, 3.63) is 95.6 Å². The number of aliphatic imine (C=N–C) groups is 1. The van der Waals surface area contributed by atoms with Crippen molar-refractivity contribution in [2.24, 2.45) is 19.1 Å². The number of aryl methyl sites for hydroxylation is 4. The Labute approximate surface area is 269 Å². The molecule has 14 heteroatoms. The summed E-state index contributed by atoms with van der Waals surface area (Å²) in [6, 6.07) is 11.6. The van der Waals surface area contributed by atoms with E-state index >= 15 is 0 Å². The van der Waals surface area contributed by atoms with Gasteiger partial charge in [0.25, 0.3) is 5.91 Å². The van der Waals surface area contributed by atoms with Gasteiger partial charge in [-0.15, -0.1) is 20.4 Å². The third kappa shape index (κ3) is 4.98. The standard InChI is InChI=1S/C16H15ClN6.C16H16N6O/c1-9-16-21-20-10(2)23(16)14-5-4-11(6-13(14)15(17)19-9)12-7-18-22(3)8-12;1-9-15-20-19-10(2)22(15)14-5-4-11(6-13(14)16(23)18-9)12-7-17-21(3)8-12/h4-9H,1-3H3;4-9H,1-3H3,(H,18,23)/t2*9-/m00/s1. The first-order chi connectivity index (χ1) is 22.1. The van der Waals surface area contributed by atoms with Crippen LogP contribution in [-0.2, 0) is 14.1 Å². The van der Waals surface area contributed by atoms with E-state index in [0.29, 0.717) is 10.7 Å². The molecule has 2 atom stereocenters. The largest absolute Gasteiger partial charge is 0.342 e. The molecule has 232 valence electrons. The normalized spacial score (nSPS) is 16.5. The highest BCUT2D eigenvalue weighted by Gasteiger charge is 2.28. The second-order valence-corrected chi connectivity index (χ2v) is 11.8. The number of halogens is 1. The molecule has 0 aliphatic carbocycles. The Balaban J connectivity index is 0.000000147. The maximum Gasteiger partial charge on any atom is 0.254 e. The van der Waals surface area contributed by atoms with Gasteiger partial charge in [-0.2, -0.15) is 10.2 Å². The third-order valence-electron chi connectivity index (χ3n) is 8.13. The van der Waals surface area contributed by atoms with Gasteiger partial charge in [0.2, 0.25) is 0 Å². The van der Waals surface area contributed by atoms with Crippen LogP contribution in [0.1, 0.15) is 65.2 Å². The number of carbonyl (C=O) groups excluding carboxylic acids is 1. The van der Waals surface area contributed by atoms with Gasteiger partial charge in [0.05, 0.1) is 35.4 Å². The van der Waals surface area contributed by atoms with Crippen molar-refractivity contribution in [1.29, 1.82) is 0 Å². The Morgan fingerprint density at radius 3 is 1.80 bits per heavy atom. The molecule has 46 heavy (non-hydrogen) atoms. The number of rotatable bonds is 2. The van der Waals surface area contributed by atoms with Gasteiger partial charge in [0.15, 0.2) is 11.6 Å². The number of fused-ring (bicyclic) bond motifs is 6. The van der Waals surface area contributed by atoms with Crippen LogP contribution in [0, 0.1) is 13.8 Å². The molecule has 4 aromatic heterocycles. The van der Waals surface area contributed by atoms with E-state index in [1.165, 1.54) is 0 Å². The SMILES string of the molecule is Cc1nnc2n1-c1ccc(-c3cnn(C)c3)cc1C(=O)N[C@H]2C.Cc1nnc2n1-c1ccc(-c3cnn(C)c3)cc1C(Cl)=N[C@H]2C. The van der Waals surface area contributed by atoms with E-state index in [4.69, 9.17) is 11.6 Å². The summed E-state index contributed by atoms with van der Waals surface area (Å²) in [5.41, 5.74) is 7.26. The predicted molar refractivity (Wildman–Crippen MR) is 173 cm³/mol. The van der Waals surface area contributed by atoms with Crippen molar-refractivity contribution in [3.8, 4) is 33.6 Å². The summed E-state index contributed by atoms with van der Waals surface area (Å²) in [6.07, 6.45) is 7.52. The molecule has 0 radical (unpaired) electrons. The van der Waals surface area contributed by atoms with Crippen LogP contribution in [0.15, 0.2) is 66.2 Å². The molecule has 8 rings (SSSR count). The zero-order valence-electron chi connectivity index (χ0n) is 26.1. The van der Waals surface area contributed by atoms with Crippen LogP contribution < -0.4 is 5.32 Å². The zero-order valence-corrected chi connectivity index (χ0v) is 26.9. The van der Waals surface area contributed by atoms with Crippen LogP contribution in [0.4, 0.5) is 0 Å². The smallest absolute Gasteiger partial charge is 0.254 e. The summed E-state index contributed by atoms with van der Waals surface area (Å²) in [5.74, 6) is 3.02. The maximum atomic E-state index is 12.6. The molecule has 0 bridgehead atoms. The summed E-state index contributed by atoms with van der Waals surface area (Å²) in [7, 11) is 3.77. The number of hydrogen-bond donors (Lipinski definition) is 1. The van der Waals surface area contributed by atoms with Crippen molar-refractivity contribution in [2.45, 2.75) is 39.8 Å². The predicted octanol–water partition coefficient (Wildman–Crippen LogP) is 4.82. The average Bonchev–Trinajstić information content (AvgIpc) is 3.82. The first kappa shape index (κ1) is 29.3. The molecule has 13 nitrogen and oxygen atoms in total. The van der Waals surface area contributed by atoms with Crippen LogP contribution in [-0.4, -0.2) is 60.2 Å². The Morgan fingerprint density at radius 1 is 0.717 bits per heavy atom. The quantitative estimate of drug-likeness (QED) is 0.288. The molecule has 1 amide bonds. The van der Waals surface area contributed by atoms with Gasteiger partial charge >= 0.3 is 0 Å². The van der Waals surface area contributed by atoms with Gasteiger partial charge < -0.3 is 5.32 Å². The lowest BCUT2D eigenvalue weighted by atomic mass is 10.0. The number of carbonyl (C=O) groups is 1. The lowest BCUT2D eigenvalue weighted by molar-refractivity contribution is 0.0941. The number of aromatic nitrogens is 10. The minimum atomic E-state index is -0.196. The van der Waals surface area contributed by atoms with Gasteiger partial charge in [0, 0.05) is 43.2 Å². The molecule has 1 N–H and O–H groups in total. The first-order valence-corrected chi connectivity index (χ1v) is 15.1. The van der Waals surface area contributed by atoms with Gasteiger partial charge in [-0.25, -0.2) is 0 Å². The Morgan fingerprint density at radius 2 is 1.24 bits per heavy atom. The Hall–Kier alpha value is -5.43. The Kier molecular flexibility index (Phi) is 7.12. The number of nitrogens with one attached hydrogen (secondary N) is 1. The van der Waals surface area contributed by atoms with Gasteiger partial charge in [-0.05, 0) is 63.1 Å². The summed E-state index contributed by atoms with van der Waals surface area (Å²) in [4.78, 5) is 17.1. The maximum absolute atomic E-state index is 12.6. The molecule has 6 heterocycles. The highest BCUT2D eigenvalue weighted by molar-refractivity contribution is 6.70. The van der Waals surface area contributed by atoms with E-state index in [-0.39, 0.29) is 18.0 Å². The van der Waals surface area contributed by atoms with Crippen molar-refractivity contribution in [1.82, 2.24) is 54.4 Å². The minimum absolute atomic E-state index is 0.108. The average molecular weight is 635 g/mol. The van der Waals surface area contributed by atoms with Gasteiger partial charge in [0.1, 0.15) is 22.9 Å². The summed E-state index contributed by atoms with van der Waals surface area (Å²) < 4.78 is 7.48. The summed E-state index contributed by atoms with van der Waals surface area (Å²) >= 11 is 6.48. The number of hydrogen-bond acceptors (Lipinski definition) is 8. The number of amides is 1. The van der Waals surface area contributed by atoms with E-state index < -0.39 is 0 Å². The number of nitrogens with zero attached hydrogens (tertiary/aromatic N) is 11. The van der Waals surface area contributed by atoms with E-state index in [1.54, 1.807) is 15.6 Å². The molecule has 0 saturated carbocycles. The number of benzene rings is 2. The van der Waals surface area contributed by atoms with E-state index in [0.717, 1.165) is 62.5 Å². The van der Waals surface area contributed by atoms with E-state index in [2.05, 4.69) is 47.0 Å². The van der Waals surface area contributed by atoms with Crippen LogP contribution >= 0.6 is 11.6 Å². The molecule has 0 saturated heterocycles. The lowest BCUT2D eigenvalue weighted by Gasteiger charge is -2.11. The monoisotopic (exact) mass is 634 g/mol.